The van der Waals surface area contributed by atoms with Crippen LogP contribution in [0.2, 0.25) is 0 Å². The average Bonchev–Trinajstić information content (AvgIpc) is 3.08. The Morgan fingerprint density at radius 2 is 2.04 bits per heavy atom. The molecule has 3 rings (SSSR count). The number of carbonyl (C=O) groups is 1. The summed E-state index contributed by atoms with van der Waals surface area (Å²) in [6, 6.07) is 13.8. The van der Waals surface area contributed by atoms with Gasteiger partial charge in [0.05, 0.1) is 11.0 Å². The molecule has 140 valence electrons. The van der Waals surface area contributed by atoms with E-state index in [4.69, 9.17) is 4.74 Å². The number of H-pyrrole nitrogens is 1. The summed E-state index contributed by atoms with van der Waals surface area (Å²) in [4.78, 5) is 19.8. The number of aromatic amines is 1. The number of ether oxygens (including phenoxy) is 1. The molecule has 0 spiro atoms. The molecule has 0 unspecified atom stereocenters. The molecule has 3 aromatic rings. The first-order valence-electron chi connectivity index (χ1n) is 8.95. The summed E-state index contributed by atoms with van der Waals surface area (Å²) in [5.74, 6) is 1.36. The second-order valence-electron chi connectivity index (χ2n) is 6.82. The summed E-state index contributed by atoms with van der Waals surface area (Å²) in [5, 5.41) is 4.12. The summed E-state index contributed by atoms with van der Waals surface area (Å²) in [5.41, 5.74) is 7.08. The smallest absolute Gasteiger partial charge is 0.277 e. The first-order chi connectivity index (χ1) is 12.9. The number of rotatable bonds is 6. The molecule has 1 heterocycles. The van der Waals surface area contributed by atoms with E-state index < -0.39 is 0 Å². The lowest BCUT2D eigenvalue weighted by Crippen LogP contribution is -2.26. The fourth-order valence-corrected chi connectivity index (χ4v) is 2.74. The highest BCUT2D eigenvalue weighted by Crippen LogP contribution is 2.27. The van der Waals surface area contributed by atoms with E-state index in [1.165, 1.54) is 0 Å². The van der Waals surface area contributed by atoms with Crippen molar-refractivity contribution in [3.8, 4) is 5.75 Å². The highest BCUT2D eigenvalue weighted by molar-refractivity contribution is 5.98. The van der Waals surface area contributed by atoms with Crippen molar-refractivity contribution in [3.63, 3.8) is 0 Å². The summed E-state index contributed by atoms with van der Waals surface area (Å²) >= 11 is 0. The summed E-state index contributed by atoms with van der Waals surface area (Å²) in [6.45, 7) is 7.88. The Morgan fingerprint density at radius 1 is 1.26 bits per heavy atom. The molecule has 0 saturated carbocycles. The number of imidazole rings is 1. The van der Waals surface area contributed by atoms with Crippen molar-refractivity contribution in [2.75, 3.05) is 6.61 Å². The van der Waals surface area contributed by atoms with E-state index in [2.05, 4.69) is 34.3 Å². The number of amides is 1. The summed E-state index contributed by atoms with van der Waals surface area (Å²) < 4.78 is 5.72. The van der Waals surface area contributed by atoms with Crippen molar-refractivity contribution in [2.45, 2.75) is 33.6 Å². The van der Waals surface area contributed by atoms with E-state index in [0.29, 0.717) is 17.5 Å². The number of carbonyl (C=O) groups excluding carboxylic acids is 1. The molecule has 0 fully saturated rings. The van der Waals surface area contributed by atoms with Crippen LogP contribution >= 0.6 is 0 Å². The van der Waals surface area contributed by atoms with Gasteiger partial charge in [-0.25, -0.2) is 10.4 Å². The predicted molar refractivity (Wildman–Crippen MR) is 107 cm³/mol. The number of para-hydroxylation sites is 2. The lowest BCUT2D eigenvalue weighted by atomic mass is 10.0. The van der Waals surface area contributed by atoms with Crippen LogP contribution in [0.4, 0.5) is 0 Å². The van der Waals surface area contributed by atoms with Crippen LogP contribution in [0.1, 0.15) is 43.6 Å². The first kappa shape index (κ1) is 18.6. The average molecular weight is 364 g/mol. The first-order valence-corrected chi connectivity index (χ1v) is 8.95. The highest BCUT2D eigenvalue weighted by Gasteiger charge is 2.11. The van der Waals surface area contributed by atoms with E-state index >= 15 is 0 Å². The SMILES string of the molecule is C/C(=N\NC(=O)COc1cc(C)ccc1C(C)C)c1nc2ccccc2[nH]1. The molecule has 0 radical (unpaired) electrons. The zero-order chi connectivity index (χ0) is 19.4. The van der Waals surface area contributed by atoms with Crippen LogP contribution in [-0.4, -0.2) is 28.2 Å². The summed E-state index contributed by atoms with van der Waals surface area (Å²) in [6.07, 6.45) is 0. The van der Waals surface area contributed by atoms with Crippen molar-refractivity contribution < 1.29 is 9.53 Å². The van der Waals surface area contributed by atoms with Gasteiger partial charge in [0.25, 0.3) is 5.91 Å². The number of nitrogens with zero attached hydrogens (tertiary/aromatic N) is 2. The Balaban J connectivity index is 1.62. The van der Waals surface area contributed by atoms with Crippen LogP contribution in [0.15, 0.2) is 47.6 Å². The number of nitrogens with one attached hydrogen (secondary N) is 2. The van der Waals surface area contributed by atoms with Gasteiger partial charge in [0.2, 0.25) is 0 Å². The number of benzene rings is 2. The molecule has 27 heavy (non-hydrogen) atoms. The molecular formula is C21H24N4O2. The third-order valence-corrected chi connectivity index (χ3v) is 4.23. The number of aromatic nitrogens is 2. The molecule has 0 aliphatic carbocycles. The van der Waals surface area contributed by atoms with Crippen LogP contribution < -0.4 is 10.2 Å². The quantitative estimate of drug-likeness (QED) is 0.514. The topological polar surface area (TPSA) is 79.4 Å². The van der Waals surface area contributed by atoms with E-state index in [1.54, 1.807) is 6.92 Å². The van der Waals surface area contributed by atoms with Crippen molar-refractivity contribution in [2.24, 2.45) is 5.10 Å². The highest BCUT2D eigenvalue weighted by atomic mass is 16.5. The minimum Gasteiger partial charge on any atom is -0.483 e. The summed E-state index contributed by atoms with van der Waals surface area (Å²) in [7, 11) is 0. The normalized spacial score (nSPS) is 11.8. The standard InChI is InChI=1S/C21H24N4O2/c1-13(2)16-10-9-14(3)11-19(16)27-12-20(26)25-24-15(4)21-22-17-7-5-6-8-18(17)23-21/h5-11,13H,12H2,1-4H3,(H,22,23)(H,25,26)/b24-15+. The molecule has 0 bridgehead atoms. The minimum absolute atomic E-state index is 0.0971. The number of hydrogen-bond donors (Lipinski definition) is 2. The molecule has 2 aromatic carbocycles. The Kier molecular flexibility index (Phi) is 5.54. The molecule has 6 nitrogen and oxygen atoms in total. The van der Waals surface area contributed by atoms with Crippen molar-refractivity contribution in [3.05, 3.63) is 59.4 Å². The van der Waals surface area contributed by atoms with E-state index in [-0.39, 0.29) is 12.5 Å². The fourth-order valence-electron chi connectivity index (χ4n) is 2.74. The second-order valence-corrected chi connectivity index (χ2v) is 6.82. The third kappa shape index (κ3) is 4.53. The zero-order valence-corrected chi connectivity index (χ0v) is 16.0. The Labute approximate surface area is 158 Å². The van der Waals surface area contributed by atoms with Gasteiger partial charge in [0.15, 0.2) is 12.4 Å². The van der Waals surface area contributed by atoms with Gasteiger partial charge in [-0.15, -0.1) is 0 Å². The van der Waals surface area contributed by atoms with Gasteiger partial charge in [0, 0.05) is 0 Å². The van der Waals surface area contributed by atoms with Crippen molar-refractivity contribution in [1.29, 1.82) is 0 Å². The van der Waals surface area contributed by atoms with Gasteiger partial charge in [-0.2, -0.15) is 5.10 Å². The fraction of sp³-hybridized carbons (Fsp3) is 0.286. The van der Waals surface area contributed by atoms with Gasteiger partial charge in [-0.05, 0) is 49.1 Å². The molecule has 0 aliphatic rings. The lowest BCUT2D eigenvalue weighted by molar-refractivity contribution is -0.123. The number of aryl methyl sites for hydroxylation is 1. The van der Waals surface area contributed by atoms with Crippen molar-refractivity contribution >= 4 is 22.7 Å². The Morgan fingerprint density at radius 3 is 2.78 bits per heavy atom. The van der Waals surface area contributed by atoms with Crippen LogP contribution in [0.5, 0.6) is 5.75 Å². The predicted octanol–water partition coefficient (Wildman–Crippen LogP) is 3.91. The largest absolute Gasteiger partial charge is 0.483 e. The monoisotopic (exact) mass is 364 g/mol. The van der Waals surface area contributed by atoms with E-state index in [9.17, 15) is 4.79 Å². The number of hydrazone groups is 1. The van der Waals surface area contributed by atoms with E-state index in [0.717, 1.165) is 27.9 Å². The van der Waals surface area contributed by atoms with Gasteiger partial charge in [-0.1, -0.05) is 38.1 Å². The maximum Gasteiger partial charge on any atom is 0.277 e. The maximum absolute atomic E-state index is 12.1. The van der Waals surface area contributed by atoms with Crippen LogP contribution in [-0.2, 0) is 4.79 Å². The van der Waals surface area contributed by atoms with Crippen LogP contribution in [0.25, 0.3) is 11.0 Å². The number of fused-ring (bicyclic) bond motifs is 1. The molecule has 6 heteroatoms. The van der Waals surface area contributed by atoms with Gasteiger partial charge < -0.3 is 9.72 Å². The lowest BCUT2D eigenvalue weighted by Gasteiger charge is -2.14. The molecule has 0 atom stereocenters. The third-order valence-electron chi connectivity index (χ3n) is 4.23. The molecular weight excluding hydrogens is 340 g/mol. The van der Waals surface area contributed by atoms with Crippen LogP contribution in [0, 0.1) is 6.92 Å². The Bertz CT molecular complexity index is 956. The van der Waals surface area contributed by atoms with Gasteiger partial charge >= 0.3 is 0 Å². The van der Waals surface area contributed by atoms with Gasteiger partial charge in [0.1, 0.15) is 11.5 Å². The van der Waals surface area contributed by atoms with E-state index in [1.807, 2.05) is 49.4 Å². The van der Waals surface area contributed by atoms with Gasteiger partial charge in [-0.3, -0.25) is 4.79 Å². The molecule has 2 N–H and O–H groups in total. The maximum atomic E-state index is 12.1. The van der Waals surface area contributed by atoms with Crippen LogP contribution in [0.3, 0.4) is 0 Å². The molecule has 1 aromatic heterocycles. The van der Waals surface area contributed by atoms with Crippen molar-refractivity contribution in [1.82, 2.24) is 15.4 Å². The minimum atomic E-state index is -0.318. The number of hydrogen-bond acceptors (Lipinski definition) is 4. The second kappa shape index (κ2) is 8.03. The molecule has 1 amide bonds. The molecule has 0 aliphatic heterocycles. The Hall–Kier alpha value is -3.15. The molecule has 0 saturated heterocycles. The zero-order valence-electron chi connectivity index (χ0n) is 16.0.